The number of aliphatic hydroxyl groups is 1. The maximum Gasteiger partial charge on any atom is 0.0545 e. The molecule has 0 bridgehead atoms. The number of aliphatic hydroxyl groups excluding tert-OH is 1. The normalized spacial score (nSPS) is 35.3. The molecule has 1 saturated heterocycles. The Hall–Kier alpha value is -0.0800. The summed E-state index contributed by atoms with van der Waals surface area (Å²) in [5, 5.41) is 9.73. The van der Waals surface area contributed by atoms with Crippen LogP contribution in [0.2, 0.25) is 0 Å². The van der Waals surface area contributed by atoms with Crippen LogP contribution in [0.5, 0.6) is 0 Å². The minimum Gasteiger partial charge on any atom is -0.393 e. The van der Waals surface area contributed by atoms with Crippen LogP contribution in [0.4, 0.5) is 0 Å². The predicted octanol–water partition coefficient (Wildman–Crippen LogP) is 2.91. The lowest BCUT2D eigenvalue weighted by atomic mass is 9.52. The molecule has 2 fully saturated rings. The summed E-state index contributed by atoms with van der Waals surface area (Å²) in [5.74, 6) is 1.35. The molecule has 0 aromatic rings. The molecule has 1 aliphatic heterocycles. The Morgan fingerprint density at radius 3 is 2.41 bits per heavy atom. The Kier molecular flexibility index (Phi) is 4.14. The lowest BCUT2D eigenvalue weighted by Crippen LogP contribution is -2.50. The Bertz CT molecular complexity index is 243. The third-order valence-corrected chi connectivity index (χ3v) is 5.37. The number of hydrogen-bond donors (Lipinski definition) is 1. The van der Waals surface area contributed by atoms with E-state index in [2.05, 4.69) is 18.7 Å². The Labute approximate surface area is 106 Å². The van der Waals surface area contributed by atoms with Crippen LogP contribution in [-0.2, 0) is 0 Å². The number of nitrogens with zero attached hydrogens (tertiary/aromatic N) is 1. The van der Waals surface area contributed by atoms with Gasteiger partial charge in [-0.3, -0.25) is 0 Å². The Morgan fingerprint density at radius 1 is 1.24 bits per heavy atom. The van der Waals surface area contributed by atoms with Crippen LogP contribution in [0.15, 0.2) is 0 Å². The maximum atomic E-state index is 9.73. The summed E-state index contributed by atoms with van der Waals surface area (Å²) < 4.78 is 0. The molecule has 1 heterocycles. The summed E-state index contributed by atoms with van der Waals surface area (Å²) in [6, 6.07) is 0. The van der Waals surface area contributed by atoms with Crippen molar-refractivity contribution in [1.82, 2.24) is 4.90 Å². The fraction of sp³-hybridized carbons (Fsp3) is 1.00. The summed E-state index contributed by atoms with van der Waals surface area (Å²) in [4.78, 5) is 2.63. The van der Waals surface area contributed by atoms with E-state index >= 15 is 0 Å². The van der Waals surface area contributed by atoms with Gasteiger partial charge in [0, 0.05) is 0 Å². The quantitative estimate of drug-likeness (QED) is 0.815. The second kappa shape index (κ2) is 5.27. The van der Waals surface area contributed by atoms with Crippen molar-refractivity contribution >= 4 is 0 Å². The number of likely N-dealkylation sites (tertiary alicyclic amines) is 1. The molecular formula is C15H29NO. The van der Waals surface area contributed by atoms with E-state index in [1.165, 1.54) is 51.7 Å². The van der Waals surface area contributed by atoms with Gasteiger partial charge in [0.1, 0.15) is 0 Å². The van der Waals surface area contributed by atoms with E-state index in [1.807, 2.05) is 6.92 Å². The third-order valence-electron chi connectivity index (χ3n) is 5.37. The molecule has 1 N–H and O–H groups in total. The zero-order valence-corrected chi connectivity index (χ0v) is 11.8. The fourth-order valence-corrected chi connectivity index (χ4v) is 3.89. The fourth-order valence-electron chi connectivity index (χ4n) is 3.89. The highest BCUT2D eigenvalue weighted by molar-refractivity contribution is 4.98. The van der Waals surface area contributed by atoms with Crippen LogP contribution in [0.3, 0.4) is 0 Å². The SMILES string of the molecule is CC(O)[C@@H]1C[C@H](CCN2CCCCC2)C1(C)C. The molecule has 1 aliphatic carbocycles. The molecular weight excluding hydrogens is 210 g/mol. The smallest absolute Gasteiger partial charge is 0.0545 e. The van der Waals surface area contributed by atoms with Crippen molar-refractivity contribution in [2.24, 2.45) is 17.3 Å². The molecule has 2 heteroatoms. The molecule has 1 saturated carbocycles. The first-order valence-corrected chi connectivity index (χ1v) is 7.42. The van der Waals surface area contributed by atoms with E-state index < -0.39 is 0 Å². The maximum absolute atomic E-state index is 9.73. The topological polar surface area (TPSA) is 23.5 Å². The minimum absolute atomic E-state index is 0.128. The first-order chi connectivity index (χ1) is 8.01. The van der Waals surface area contributed by atoms with Crippen molar-refractivity contribution in [3.05, 3.63) is 0 Å². The van der Waals surface area contributed by atoms with Crippen molar-refractivity contribution in [2.45, 2.75) is 59.0 Å². The largest absolute Gasteiger partial charge is 0.393 e. The summed E-state index contributed by atoms with van der Waals surface area (Å²) >= 11 is 0. The second-order valence-corrected chi connectivity index (χ2v) is 6.79. The van der Waals surface area contributed by atoms with Crippen molar-refractivity contribution in [1.29, 1.82) is 0 Å². The summed E-state index contributed by atoms with van der Waals surface area (Å²) in [6.07, 6.45) is 6.65. The molecule has 0 radical (unpaired) electrons. The van der Waals surface area contributed by atoms with Gasteiger partial charge in [-0.15, -0.1) is 0 Å². The highest BCUT2D eigenvalue weighted by Crippen LogP contribution is 2.54. The van der Waals surface area contributed by atoms with Gasteiger partial charge in [0.05, 0.1) is 6.10 Å². The van der Waals surface area contributed by atoms with Crippen LogP contribution in [0, 0.1) is 17.3 Å². The van der Waals surface area contributed by atoms with Crippen LogP contribution < -0.4 is 0 Å². The second-order valence-electron chi connectivity index (χ2n) is 6.79. The van der Waals surface area contributed by atoms with E-state index in [-0.39, 0.29) is 6.10 Å². The van der Waals surface area contributed by atoms with Crippen LogP contribution >= 0.6 is 0 Å². The summed E-state index contributed by atoms with van der Waals surface area (Å²) in [5.41, 5.74) is 0.351. The molecule has 1 unspecified atom stereocenters. The average Bonchev–Trinajstić information content (AvgIpc) is 2.28. The molecule has 3 atom stereocenters. The lowest BCUT2D eigenvalue weighted by Gasteiger charge is -2.54. The number of hydrogen-bond acceptors (Lipinski definition) is 2. The van der Waals surface area contributed by atoms with Gasteiger partial charge < -0.3 is 10.0 Å². The molecule has 2 rings (SSSR count). The molecule has 17 heavy (non-hydrogen) atoms. The van der Waals surface area contributed by atoms with Crippen LogP contribution in [-0.4, -0.2) is 35.7 Å². The molecule has 2 aliphatic rings. The van der Waals surface area contributed by atoms with Crippen molar-refractivity contribution < 1.29 is 5.11 Å². The van der Waals surface area contributed by atoms with Gasteiger partial charge in [0.15, 0.2) is 0 Å². The van der Waals surface area contributed by atoms with Gasteiger partial charge in [-0.25, -0.2) is 0 Å². The Balaban J connectivity index is 1.74. The zero-order valence-electron chi connectivity index (χ0n) is 11.8. The van der Waals surface area contributed by atoms with E-state index in [1.54, 1.807) is 0 Å². The first kappa shape index (κ1) is 13.4. The molecule has 100 valence electrons. The third kappa shape index (κ3) is 2.85. The van der Waals surface area contributed by atoms with Gasteiger partial charge in [-0.2, -0.15) is 0 Å². The van der Waals surface area contributed by atoms with Gasteiger partial charge in [-0.1, -0.05) is 20.3 Å². The lowest BCUT2D eigenvalue weighted by molar-refractivity contribution is -0.0930. The van der Waals surface area contributed by atoms with Gasteiger partial charge >= 0.3 is 0 Å². The van der Waals surface area contributed by atoms with E-state index in [0.717, 1.165) is 5.92 Å². The molecule has 0 amide bonds. The first-order valence-electron chi connectivity index (χ1n) is 7.42. The minimum atomic E-state index is -0.128. The van der Waals surface area contributed by atoms with Gasteiger partial charge in [0.25, 0.3) is 0 Å². The zero-order chi connectivity index (χ0) is 12.5. The van der Waals surface area contributed by atoms with E-state index in [9.17, 15) is 5.11 Å². The molecule has 0 aromatic carbocycles. The van der Waals surface area contributed by atoms with E-state index in [0.29, 0.717) is 11.3 Å². The van der Waals surface area contributed by atoms with Crippen LogP contribution in [0.1, 0.15) is 52.9 Å². The standard InChI is InChI=1S/C15H29NO/c1-12(17)14-11-13(15(14,2)3)7-10-16-8-5-4-6-9-16/h12-14,17H,4-11H2,1-3H3/t12?,13-,14-/m0/s1. The van der Waals surface area contributed by atoms with Crippen LogP contribution in [0.25, 0.3) is 0 Å². The van der Waals surface area contributed by atoms with Gasteiger partial charge in [0.2, 0.25) is 0 Å². The van der Waals surface area contributed by atoms with Gasteiger partial charge in [-0.05, 0) is 69.5 Å². The average molecular weight is 239 g/mol. The van der Waals surface area contributed by atoms with E-state index in [4.69, 9.17) is 0 Å². The molecule has 0 spiro atoms. The molecule has 2 nitrogen and oxygen atoms in total. The van der Waals surface area contributed by atoms with Crippen molar-refractivity contribution in [3.8, 4) is 0 Å². The number of piperidine rings is 1. The number of rotatable bonds is 4. The Morgan fingerprint density at radius 2 is 1.88 bits per heavy atom. The monoisotopic (exact) mass is 239 g/mol. The molecule has 0 aromatic heterocycles. The highest BCUT2D eigenvalue weighted by atomic mass is 16.3. The summed E-state index contributed by atoms with van der Waals surface area (Å²) in [7, 11) is 0. The van der Waals surface area contributed by atoms with Crippen molar-refractivity contribution in [2.75, 3.05) is 19.6 Å². The highest BCUT2D eigenvalue weighted by Gasteiger charge is 2.49. The predicted molar refractivity (Wildman–Crippen MR) is 72.0 cm³/mol. The van der Waals surface area contributed by atoms with Crippen molar-refractivity contribution in [3.63, 3.8) is 0 Å². The summed E-state index contributed by atoms with van der Waals surface area (Å²) in [6.45, 7) is 10.5.